The first-order chi connectivity index (χ1) is 11.5. The summed E-state index contributed by atoms with van der Waals surface area (Å²) in [5.74, 6) is -5.03. The van der Waals surface area contributed by atoms with E-state index in [2.05, 4.69) is 0 Å². The van der Waals surface area contributed by atoms with Crippen LogP contribution in [0.5, 0.6) is 0 Å². The lowest BCUT2D eigenvalue weighted by Gasteiger charge is -2.42. The Kier molecular flexibility index (Phi) is 6.86. The maximum atomic E-state index is 11.4. The van der Waals surface area contributed by atoms with Gasteiger partial charge in [0.15, 0.2) is 18.3 Å². The van der Waals surface area contributed by atoms with Gasteiger partial charge in [-0.05, 0) is 0 Å². The molecule has 0 amide bonds. The van der Waals surface area contributed by atoms with E-state index in [-0.39, 0.29) is 0 Å². The van der Waals surface area contributed by atoms with E-state index in [1.165, 1.54) is 0 Å². The number of rotatable bonds is 5. The summed E-state index contributed by atoms with van der Waals surface area (Å²) in [5.41, 5.74) is 0. The van der Waals surface area contributed by atoms with Gasteiger partial charge in [0.25, 0.3) is 0 Å². The highest BCUT2D eigenvalue weighted by atomic mass is 16.7. The van der Waals surface area contributed by atoms with Gasteiger partial charge in [-0.3, -0.25) is 19.2 Å². The summed E-state index contributed by atoms with van der Waals surface area (Å²) in [6.45, 7) is 4.06. The molecule has 0 aromatic carbocycles. The van der Waals surface area contributed by atoms with Crippen LogP contribution in [0.15, 0.2) is 0 Å². The number of carboxylic acid groups (broad SMARTS) is 1. The minimum atomic E-state index is -1.83. The van der Waals surface area contributed by atoms with Crippen molar-refractivity contribution in [1.82, 2.24) is 0 Å². The maximum absolute atomic E-state index is 11.4. The van der Waals surface area contributed by atoms with Gasteiger partial charge in [0.05, 0.1) is 0 Å². The summed E-state index contributed by atoms with van der Waals surface area (Å²) < 4.78 is 24.8. The predicted octanol–water partition coefficient (Wildman–Crippen LogP) is -0.846. The molecular formula is C14H18O11. The molecule has 140 valence electrons. The molecule has 0 spiro atoms. The Morgan fingerprint density at radius 2 is 1.08 bits per heavy atom. The van der Waals surface area contributed by atoms with E-state index >= 15 is 0 Å². The standard InChI is InChI=1S/C14H18O11/c1-5(15)21-9-10(22-6(2)16)12(23-7(3)17)14(24-8(4)18)25-11(9)13(19)20/h9-12,14H,1-4H3,(H,19,20)/t9-,10+,11+,12-,14+/m1/s1. The number of carbonyl (C=O) groups excluding carboxylic acids is 4. The number of carboxylic acids is 1. The molecule has 0 unspecified atom stereocenters. The Balaban J connectivity index is 3.33. The molecule has 0 saturated carbocycles. The molecule has 0 aromatic rings. The molecule has 1 aliphatic heterocycles. The van der Waals surface area contributed by atoms with Crippen molar-refractivity contribution in [2.75, 3.05) is 0 Å². The lowest BCUT2D eigenvalue weighted by Crippen LogP contribution is -2.63. The van der Waals surface area contributed by atoms with Gasteiger partial charge in [0.1, 0.15) is 0 Å². The largest absolute Gasteiger partial charge is 0.479 e. The smallest absolute Gasteiger partial charge is 0.337 e. The van der Waals surface area contributed by atoms with Crippen LogP contribution in [-0.2, 0) is 47.7 Å². The van der Waals surface area contributed by atoms with E-state index in [9.17, 15) is 29.1 Å². The summed E-state index contributed by atoms with van der Waals surface area (Å²) in [4.78, 5) is 56.7. The van der Waals surface area contributed by atoms with Crippen molar-refractivity contribution in [3.05, 3.63) is 0 Å². The van der Waals surface area contributed by atoms with Crippen LogP contribution in [0.2, 0.25) is 0 Å². The van der Waals surface area contributed by atoms with Crippen LogP contribution in [0.25, 0.3) is 0 Å². The fourth-order valence-corrected chi connectivity index (χ4v) is 2.23. The molecule has 25 heavy (non-hydrogen) atoms. The van der Waals surface area contributed by atoms with Gasteiger partial charge in [-0.1, -0.05) is 0 Å². The third kappa shape index (κ3) is 5.71. The van der Waals surface area contributed by atoms with Crippen molar-refractivity contribution in [2.45, 2.75) is 58.4 Å². The van der Waals surface area contributed by atoms with Gasteiger partial charge in [-0.2, -0.15) is 0 Å². The minimum Gasteiger partial charge on any atom is -0.479 e. The van der Waals surface area contributed by atoms with Crippen LogP contribution in [-0.4, -0.2) is 65.7 Å². The Bertz CT molecular complexity index is 569. The normalized spacial score (nSPS) is 28.4. The lowest BCUT2D eigenvalue weighted by molar-refractivity contribution is -0.293. The number of aliphatic carboxylic acids is 1. The highest BCUT2D eigenvalue weighted by Gasteiger charge is 2.55. The summed E-state index contributed by atoms with van der Waals surface area (Å²) in [7, 11) is 0. The summed E-state index contributed by atoms with van der Waals surface area (Å²) in [5, 5.41) is 9.29. The lowest BCUT2D eigenvalue weighted by atomic mass is 9.98. The molecular weight excluding hydrogens is 344 g/mol. The Morgan fingerprint density at radius 3 is 1.48 bits per heavy atom. The van der Waals surface area contributed by atoms with Crippen LogP contribution in [0.3, 0.4) is 0 Å². The molecule has 1 N–H and O–H groups in total. The molecule has 0 radical (unpaired) electrons. The van der Waals surface area contributed by atoms with E-state index in [0.29, 0.717) is 0 Å². The van der Waals surface area contributed by atoms with E-state index < -0.39 is 60.6 Å². The molecule has 11 nitrogen and oxygen atoms in total. The zero-order valence-corrected chi connectivity index (χ0v) is 13.9. The van der Waals surface area contributed by atoms with Crippen molar-refractivity contribution >= 4 is 29.8 Å². The van der Waals surface area contributed by atoms with Crippen LogP contribution in [0, 0.1) is 0 Å². The second-order valence-corrected chi connectivity index (χ2v) is 5.09. The molecule has 0 bridgehead atoms. The van der Waals surface area contributed by atoms with Gasteiger partial charge in [0, 0.05) is 27.7 Å². The van der Waals surface area contributed by atoms with Crippen molar-refractivity contribution in [1.29, 1.82) is 0 Å². The second kappa shape index (κ2) is 8.42. The first-order valence-electron chi connectivity index (χ1n) is 7.10. The summed E-state index contributed by atoms with van der Waals surface area (Å²) in [6, 6.07) is 0. The van der Waals surface area contributed by atoms with E-state index in [1.54, 1.807) is 0 Å². The maximum Gasteiger partial charge on any atom is 0.337 e. The minimum absolute atomic E-state index is 0.849. The first kappa shape index (κ1) is 20.4. The molecule has 1 fully saturated rings. The fraction of sp³-hybridized carbons (Fsp3) is 0.643. The Hall–Kier alpha value is -2.69. The van der Waals surface area contributed by atoms with E-state index in [1.807, 2.05) is 0 Å². The Morgan fingerprint density at radius 1 is 0.680 bits per heavy atom. The molecule has 5 atom stereocenters. The highest BCUT2D eigenvalue weighted by Crippen LogP contribution is 2.29. The van der Waals surface area contributed by atoms with Crippen LogP contribution < -0.4 is 0 Å². The van der Waals surface area contributed by atoms with Crippen LogP contribution in [0.4, 0.5) is 0 Å². The number of ether oxygens (including phenoxy) is 5. The molecule has 1 rings (SSSR count). The molecule has 1 saturated heterocycles. The van der Waals surface area contributed by atoms with Gasteiger partial charge in [-0.25, -0.2) is 4.79 Å². The zero-order valence-electron chi connectivity index (χ0n) is 13.9. The number of hydrogen-bond donors (Lipinski definition) is 1. The topological polar surface area (TPSA) is 152 Å². The van der Waals surface area contributed by atoms with Gasteiger partial charge in [0.2, 0.25) is 12.4 Å². The van der Waals surface area contributed by atoms with Crippen molar-refractivity contribution in [3.8, 4) is 0 Å². The fourth-order valence-electron chi connectivity index (χ4n) is 2.23. The third-order valence-electron chi connectivity index (χ3n) is 2.93. The van der Waals surface area contributed by atoms with Gasteiger partial charge in [-0.15, -0.1) is 0 Å². The Labute approximate surface area is 142 Å². The summed E-state index contributed by atoms with van der Waals surface area (Å²) >= 11 is 0. The van der Waals surface area contributed by atoms with E-state index in [0.717, 1.165) is 27.7 Å². The van der Waals surface area contributed by atoms with Gasteiger partial charge >= 0.3 is 29.8 Å². The van der Waals surface area contributed by atoms with Gasteiger partial charge < -0.3 is 28.8 Å². The van der Waals surface area contributed by atoms with Crippen LogP contribution in [0.1, 0.15) is 27.7 Å². The average Bonchev–Trinajstić information content (AvgIpc) is 2.42. The van der Waals surface area contributed by atoms with Crippen molar-refractivity contribution < 1.29 is 52.8 Å². The number of hydrogen-bond acceptors (Lipinski definition) is 10. The van der Waals surface area contributed by atoms with Crippen molar-refractivity contribution in [2.24, 2.45) is 0 Å². The quantitative estimate of drug-likeness (QED) is 0.481. The molecule has 0 aromatic heterocycles. The molecule has 11 heteroatoms. The zero-order chi connectivity index (χ0) is 19.3. The SMILES string of the molecule is CC(=O)O[C@H]1O[C@H](C(=O)O)[C@H](OC(C)=O)[C@H](OC(C)=O)[C@H]1OC(C)=O. The number of carbonyl (C=O) groups is 5. The molecule has 1 heterocycles. The highest BCUT2D eigenvalue weighted by molar-refractivity contribution is 5.75. The number of esters is 4. The summed E-state index contributed by atoms with van der Waals surface area (Å²) in [6.07, 6.45) is -8.24. The predicted molar refractivity (Wildman–Crippen MR) is 74.7 cm³/mol. The molecule has 1 aliphatic rings. The van der Waals surface area contributed by atoms with Crippen molar-refractivity contribution in [3.63, 3.8) is 0 Å². The average molecular weight is 362 g/mol. The third-order valence-corrected chi connectivity index (χ3v) is 2.93. The second-order valence-electron chi connectivity index (χ2n) is 5.09. The monoisotopic (exact) mass is 362 g/mol. The van der Waals surface area contributed by atoms with E-state index in [4.69, 9.17) is 23.7 Å². The van der Waals surface area contributed by atoms with Crippen LogP contribution >= 0.6 is 0 Å². The molecule has 0 aliphatic carbocycles. The first-order valence-corrected chi connectivity index (χ1v) is 7.10.